The quantitative estimate of drug-likeness (QED) is 0.581. The highest BCUT2D eigenvalue weighted by Gasteiger charge is 2.25. The fourth-order valence-electron chi connectivity index (χ4n) is 0.0676. The lowest BCUT2D eigenvalue weighted by atomic mass is 10.1. The van der Waals surface area contributed by atoms with Gasteiger partial charge in [0.05, 0.1) is 0 Å². The lowest BCUT2D eigenvalue weighted by molar-refractivity contribution is -0.141. The molecule has 3 nitrogen and oxygen atoms in total. The molecule has 1 atom stereocenters. The monoisotopic (exact) mass is 207 g/mol. The van der Waals surface area contributed by atoms with E-state index in [1.807, 2.05) is 0 Å². The summed E-state index contributed by atoms with van der Waals surface area (Å²) >= 11 is 3.73. The second-order valence-corrected chi connectivity index (χ2v) is 2.20. The molecule has 6 heteroatoms. The molecule has 0 aliphatic carbocycles. The van der Waals surface area contributed by atoms with Gasteiger partial charge in [0.1, 0.15) is 5.54 Å². The highest BCUT2D eigenvalue weighted by molar-refractivity contribution is 7.80. The number of hydrogen-bond donors (Lipinski definition) is 3. The highest BCUT2D eigenvalue weighted by atomic mass is 35.5. The van der Waals surface area contributed by atoms with Crippen LogP contribution in [0.5, 0.6) is 0 Å². The van der Waals surface area contributed by atoms with Crippen molar-refractivity contribution in [3.05, 3.63) is 0 Å². The third-order valence-electron chi connectivity index (χ3n) is 0.817. The van der Waals surface area contributed by atoms with Crippen molar-refractivity contribution in [2.24, 2.45) is 5.73 Å². The Labute approximate surface area is 77.6 Å². The molecule has 0 radical (unpaired) electrons. The molecule has 0 aromatic heterocycles. The zero-order valence-electron chi connectivity index (χ0n) is 5.40. The largest absolute Gasteiger partial charge is 0.480 e. The molecule has 0 aliphatic heterocycles. The molecule has 0 rings (SSSR count). The first-order valence-corrected chi connectivity index (χ1v) is 2.77. The molecular weight excluding hydrogens is 197 g/mol. The molecule has 0 aromatic rings. The van der Waals surface area contributed by atoms with E-state index in [0.29, 0.717) is 0 Å². The van der Waals surface area contributed by atoms with Gasteiger partial charge in [-0.1, -0.05) is 0 Å². The summed E-state index contributed by atoms with van der Waals surface area (Å²) in [5.41, 5.74) is 4.01. The van der Waals surface area contributed by atoms with Crippen molar-refractivity contribution in [3.63, 3.8) is 0 Å². The first-order valence-electron chi connectivity index (χ1n) is 2.14. The summed E-state index contributed by atoms with van der Waals surface area (Å²) in [4.78, 5) is 10.1. The van der Waals surface area contributed by atoms with Gasteiger partial charge in [0.15, 0.2) is 0 Å². The maximum absolute atomic E-state index is 10.1. The molecule has 10 heavy (non-hydrogen) atoms. The van der Waals surface area contributed by atoms with Crippen LogP contribution in [-0.2, 0) is 4.79 Å². The first-order chi connectivity index (χ1) is 3.50. The van der Waals surface area contributed by atoms with E-state index >= 15 is 0 Å². The van der Waals surface area contributed by atoms with Gasteiger partial charge in [-0.25, -0.2) is 0 Å². The summed E-state index contributed by atoms with van der Waals surface area (Å²) in [6, 6.07) is 0. The van der Waals surface area contributed by atoms with Crippen LogP contribution in [0, 0.1) is 0 Å². The standard InChI is InChI=1S/C4H9NO2S.2ClH/c1-4(5,2-8)3(6)7;;/h8H,2,5H2,1H3,(H,6,7);2*1H. The molecular formula is C4H11Cl2NO2S. The number of thiol groups is 1. The number of aliphatic carboxylic acids is 1. The van der Waals surface area contributed by atoms with Crippen LogP contribution in [0.15, 0.2) is 0 Å². The Morgan fingerprint density at radius 3 is 2.00 bits per heavy atom. The van der Waals surface area contributed by atoms with E-state index in [2.05, 4.69) is 12.6 Å². The van der Waals surface area contributed by atoms with Gasteiger partial charge in [-0.2, -0.15) is 12.6 Å². The molecule has 0 fully saturated rings. The van der Waals surface area contributed by atoms with Gasteiger partial charge >= 0.3 is 5.97 Å². The molecule has 0 aliphatic rings. The number of carbonyl (C=O) groups is 1. The van der Waals surface area contributed by atoms with Crippen LogP contribution in [0.1, 0.15) is 6.92 Å². The number of nitrogens with two attached hydrogens (primary N) is 1. The Bertz CT molecular complexity index is 109. The SMILES string of the molecule is CC(N)(CS)C(=O)O.Cl.Cl. The predicted octanol–water partition coefficient (Wildman–Crippen LogP) is 0.562. The predicted molar refractivity (Wildman–Crippen MR) is 48.6 cm³/mol. The third-order valence-corrected chi connectivity index (χ3v) is 1.47. The maximum Gasteiger partial charge on any atom is 0.324 e. The van der Waals surface area contributed by atoms with E-state index in [1.165, 1.54) is 6.92 Å². The van der Waals surface area contributed by atoms with Crippen molar-refractivity contribution < 1.29 is 9.90 Å². The summed E-state index contributed by atoms with van der Waals surface area (Å²) in [5.74, 6) is -0.866. The number of hydrogen-bond acceptors (Lipinski definition) is 3. The Morgan fingerprint density at radius 1 is 1.70 bits per heavy atom. The normalized spacial score (nSPS) is 13.9. The van der Waals surface area contributed by atoms with Crippen molar-refractivity contribution in [1.82, 2.24) is 0 Å². The average molecular weight is 208 g/mol. The van der Waals surface area contributed by atoms with E-state index in [0.717, 1.165) is 0 Å². The van der Waals surface area contributed by atoms with E-state index < -0.39 is 11.5 Å². The molecule has 3 N–H and O–H groups in total. The summed E-state index contributed by atoms with van der Waals surface area (Å²) < 4.78 is 0. The van der Waals surface area contributed by atoms with Crippen LogP contribution in [0.2, 0.25) is 0 Å². The maximum atomic E-state index is 10.1. The molecule has 0 amide bonds. The Kier molecular flexibility index (Phi) is 10.2. The number of carboxylic acids is 1. The topological polar surface area (TPSA) is 63.3 Å². The van der Waals surface area contributed by atoms with E-state index in [-0.39, 0.29) is 30.6 Å². The molecule has 0 aromatic carbocycles. The molecule has 64 valence electrons. The Balaban J connectivity index is -0.000000245. The summed E-state index contributed by atoms with van der Waals surface area (Å²) in [6.45, 7) is 1.42. The molecule has 0 bridgehead atoms. The Hall–Kier alpha value is 0.360. The lowest BCUT2D eigenvalue weighted by Gasteiger charge is -2.14. The second kappa shape index (κ2) is 6.09. The first kappa shape index (κ1) is 16.8. The van der Waals surface area contributed by atoms with Gasteiger partial charge < -0.3 is 10.8 Å². The van der Waals surface area contributed by atoms with Crippen molar-refractivity contribution in [1.29, 1.82) is 0 Å². The highest BCUT2D eigenvalue weighted by Crippen LogP contribution is 1.99. The molecule has 0 heterocycles. The van der Waals surface area contributed by atoms with E-state index in [1.54, 1.807) is 0 Å². The van der Waals surface area contributed by atoms with Crippen LogP contribution in [0.4, 0.5) is 0 Å². The van der Waals surface area contributed by atoms with Gasteiger partial charge in [0, 0.05) is 5.75 Å². The fourth-order valence-corrected chi connectivity index (χ4v) is 0.203. The molecule has 0 saturated carbocycles. The zero-order chi connectivity index (χ0) is 6.78. The van der Waals surface area contributed by atoms with Crippen LogP contribution >= 0.6 is 37.4 Å². The minimum absolute atomic E-state index is 0. The van der Waals surface area contributed by atoms with Gasteiger partial charge in [0.25, 0.3) is 0 Å². The lowest BCUT2D eigenvalue weighted by Crippen LogP contribution is -2.46. The van der Waals surface area contributed by atoms with Crippen LogP contribution in [0.3, 0.4) is 0 Å². The smallest absolute Gasteiger partial charge is 0.324 e. The number of carboxylic acid groups (broad SMARTS) is 1. The van der Waals surface area contributed by atoms with Crippen molar-refractivity contribution >= 4 is 43.4 Å². The summed E-state index contributed by atoms with van der Waals surface area (Å²) in [6.07, 6.45) is 0. The van der Waals surface area contributed by atoms with Crippen LogP contribution in [-0.4, -0.2) is 22.4 Å². The van der Waals surface area contributed by atoms with Crippen LogP contribution < -0.4 is 5.73 Å². The van der Waals surface area contributed by atoms with E-state index in [9.17, 15) is 4.79 Å². The third kappa shape index (κ3) is 5.17. The van der Waals surface area contributed by atoms with Crippen molar-refractivity contribution in [2.75, 3.05) is 5.75 Å². The molecule has 1 unspecified atom stereocenters. The summed E-state index contributed by atoms with van der Waals surface area (Å²) in [5, 5.41) is 8.27. The minimum atomic E-state index is -1.18. The number of rotatable bonds is 2. The van der Waals surface area contributed by atoms with Crippen LogP contribution in [0.25, 0.3) is 0 Å². The van der Waals surface area contributed by atoms with Gasteiger partial charge in [0.2, 0.25) is 0 Å². The van der Waals surface area contributed by atoms with Gasteiger partial charge in [-0.15, -0.1) is 24.8 Å². The van der Waals surface area contributed by atoms with Crippen molar-refractivity contribution in [2.45, 2.75) is 12.5 Å². The second-order valence-electron chi connectivity index (χ2n) is 1.88. The average Bonchev–Trinajstić information content (AvgIpc) is 1.67. The fraction of sp³-hybridized carbons (Fsp3) is 0.750. The molecule has 0 saturated heterocycles. The Morgan fingerprint density at radius 2 is 2.00 bits per heavy atom. The van der Waals surface area contributed by atoms with Gasteiger partial charge in [-0.05, 0) is 6.92 Å². The van der Waals surface area contributed by atoms with E-state index in [4.69, 9.17) is 10.8 Å². The van der Waals surface area contributed by atoms with Crippen molar-refractivity contribution in [3.8, 4) is 0 Å². The zero-order valence-corrected chi connectivity index (χ0v) is 7.93. The number of halogens is 2. The summed E-state index contributed by atoms with van der Waals surface area (Å²) in [7, 11) is 0. The molecule has 0 spiro atoms. The van der Waals surface area contributed by atoms with Gasteiger partial charge in [-0.3, -0.25) is 4.79 Å². The minimum Gasteiger partial charge on any atom is -0.480 e.